The summed E-state index contributed by atoms with van der Waals surface area (Å²) in [6, 6.07) is 16.1. The molecule has 0 saturated carbocycles. The maximum Gasteiger partial charge on any atom is 0.319 e. The van der Waals surface area contributed by atoms with Crippen molar-refractivity contribution >= 4 is 51.2 Å². The molecule has 2 aromatic rings. The van der Waals surface area contributed by atoms with Crippen LogP contribution in [-0.2, 0) is 19.1 Å². The number of esters is 1. The first-order chi connectivity index (χ1) is 15.9. The Morgan fingerprint density at radius 1 is 1.21 bits per heavy atom. The summed E-state index contributed by atoms with van der Waals surface area (Å²) in [5.41, 5.74) is 1.35. The molecule has 3 rings (SSSR count). The van der Waals surface area contributed by atoms with Gasteiger partial charge >= 0.3 is 5.97 Å². The van der Waals surface area contributed by atoms with Crippen molar-refractivity contribution in [2.75, 3.05) is 25.3 Å². The fraction of sp³-hybridized carbons (Fsp3) is 0.217. The Hall–Kier alpha value is -3.29. The van der Waals surface area contributed by atoms with Crippen LogP contribution in [0, 0.1) is 17.2 Å². The van der Waals surface area contributed by atoms with Gasteiger partial charge in [0.1, 0.15) is 11.7 Å². The maximum atomic E-state index is 12.9. The lowest BCUT2D eigenvalue weighted by atomic mass is 9.78. The van der Waals surface area contributed by atoms with Gasteiger partial charge in [0.25, 0.3) is 0 Å². The summed E-state index contributed by atoms with van der Waals surface area (Å²) in [5, 5.41) is 15.5. The predicted molar refractivity (Wildman–Crippen MR) is 127 cm³/mol. The van der Waals surface area contributed by atoms with Gasteiger partial charge in [-0.3, -0.25) is 14.4 Å². The van der Waals surface area contributed by atoms with Crippen LogP contribution in [0.5, 0.6) is 5.75 Å². The number of carbonyl (C=O) groups is 3. The molecule has 0 unspecified atom stereocenters. The number of para-hydroxylation sites is 1. The number of amides is 2. The number of hydrogen-bond acceptors (Lipinski definition) is 7. The Bertz CT molecular complexity index is 1150. The second-order valence-corrected chi connectivity index (χ2v) is 8.76. The molecule has 2 N–H and O–H groups in total. The van der Waals surface area contributed by atoms with Gasteiger partial charge in [0.2, 0.25) is 11.8 Å². The number of ether oxygens (including phenoxy) is 2. The van der Waals surface area contributed by atoms with Gasteiger partial charge in [0.15, 0.2) is 0 Å². The molecule has 0 aliphatic carbocycles. The van der Waals surface area contributed by atoms with Crippen molar-refractivity contribution in [3.63, 3.8) is 0 Å². The fourth-order valence-corrected chi connectivity index (χ4v) is 4.82. The second-order valence-electron chi connectivity index (χ2n) is 6.92. The highest BCUT2D eigenvalue weighted by Crippen LogP contribution is 2.42. The first kappa shape index (κ1) is 24.4. The summed E-state index contributed by atoms with van der Waals surface area (Å²) in [6.07, 6.45) is 0. The van der Waals surface area contributed by atoms with E-state index < -0.39 is 23.7 Å². The zero-order chi connectivity index (χ0) is 24.0. The molecule has 1 aliphatic heterocycles. The Morgan fingerprint density at radius 3 is 2.55 bits per heavy atom. The minimum absolute atomic E-state index is 0.0440. The zero-order valence-electron chi connectivity index (χ0n) is 17.8. The molecule has 1 heterocycles. The van der Waals surface area contributed by atoms with E-state index >= 15 is 0 Å². The Morgan fingerprint density at radius 2 is 1.94 bits per heavy atom. The highest BCUT2D eigenvalue weighted by atomic mass is 79.9. The van der Waals surface area contributed by atoms with E-state index in [2.05, 4.69) is 32.6 Å². The number of hydrogen-bond donors (Lipinski definition) is 2. The molecule has 0 spiro atoms. The Labute approximate surface area is 203 Å². The normalized spacial score (nSPS) is 17.6. The zero-order valence-corrected chi connectivity index (χ0v) is 20.2. The summed E-state index contributed by atoms with van der Waals surface area (Å²) in [4.78, 5) is 37.7. The lowest BCUT2D eigenvalue weighted by molar-refractivity contribution is -0.150. The number of rotatable bonds is 7. The Balaban J connectivity index is 1.94. The number of allylic oxidation sites excluding steroid dienone is 1. The van der Waals surface area contributed by atoms with Crippen LogP contribution in [0.1, 0.15) is 11.5 Å². The standard InChI is InChI=1S/C23H20BrN3O5S/c1-31-17-9-8-13(10-16(17)24)19-15(11-25)22(27-21(29)20(19)23(30)32-2)33-12-18(28)26-14-6-4-3-5-7-14/h3-10,19-20H,12H2,1-2H3,(H,26,28)(H,27,29)/t19-,20-/m1/s1. The van der Waals surface area contributed by atoms with E-state index in [1.165, 1.54) is 14.2 Å². The molecule has 33 heavy (non-hydrogen) atoms. The first-order valence-corrected chi connectivity index (χ1v) is 11.5. The number of nitrogens with zero attached hydrogens (tertiary/aromatic N) is 1. The van der Waals surface area contributed by atoms with E-state index in [9.17, 15) is 19.6 Å². The molecular formula is C23H20BrN3O5S. The SMILES string of the molecule is COC(=O)[C@H]1C(=O)NC(SCC(=O)Nc2ccccc2)=C(C#N)[C@H]1c1ccc(OC)c(Br)c1. The molecule has 2 aromatic carbocycles. The average Bonchev–Trinajstić information content (AvgIpc) is 2.82. The highest BCUT2D eigenvalue weighted by molar-refractivity contribution is 9.10. The van der Waals surface area contributed by atoms with Gasteiger partial charge in [-0.05, 0) is 45.8 Å². The summed E-state index contributed by atoms with van der Waals surface area (Å²) in [5.74, 6) is -3.30. The van der Waals surface area contributed by atoms with Crippen LogP contribution < -0.4 is 15.4 Å². The lowest BCUT2D eigenvalue weighted by Gasteiger charge is -2.31. The molecule has 2 amide bonds. The van der Waals surface area contributed by atoms with Crippen molar-refractivity contribution in [3.05, 3.63) is 69.2 Å². The number of thioether (sulfide) groups is 1. The third-order valence-corrected chi connectivity index (χ3v) is 6.56. The number of benzene rings is 2. The molecule has 0 saturated heterocycles. The van der Waals surface area contributed by atoms with E-state index in [-0.39, 0.29) is 22.3 Å². The summed E-state index contributed by atoms with van der Waals surface area (Å²) in [6.45, 7) is 0. The second kappa shape index (κ2) is 11.0. The monoisotopic (exact) mass is 529 g/mol. The molecule has 0 radical (unpaired) electrons. The molecular weight excluding hydrogens is 510 g/mol. The van der Waals surface area contributed by atoms with E-state index in [0.717, 1.165) is 11.8 Å². The third kappa shape index (κ3) is 5.56. The van der Waals surface area contributed by atoms with Gasteiger partial charge in [-0.1, -0.05) is 36.0 Å². The minimum Gasteiger partial charge on any atom is -0.496 e. The van der Waals surface area contributed by atoms with Gasteiger partial charge in [0, 0.05) is 11.6 Å². The number of nitriles is 1. The van der Waals surface area contributed by atoms with Gasteiger partial charge in [-0.15, -0.1) is 0 Å². The average molecular weight is 530 g/mol. The number of methoxy groups -OCH3 is 2. The molecule has 0 bridgehead atoms. The minimum atomic E-state index is -1.26. The van der Waals surface area contributed by atoms with Crippen molar-refractivity contribution in [1.82, 2.24) is 5.32 Å². The number of halogens is 1. The van der Waals surface area contributed by atoms with Crippen LogP contribution >= 0.6 is 27.7 Å². The van der Waals surface area contributed by atoms with Crippen molar-refractivity contribution in [2.45, 2.75) is 5.92 Å². The molecule has 1 aliphatic rings. The van der Waals surface area contributed by atoms with Crippen LogP contribution in [0.3, 0.4) is 0 Å². The van der Waals surface area contributed by atoms with Gasteiger partial charge < -0.3 is 20.1 Å². The van der Waals surface area contributed by atoms with Gasteiger partial charge in [-0.2, -0.15) is 5.26 Å². The van der Waals surface area contributed by atoms with Crippen molar-refractivity contribution in [3.8, 4) is 11.8 Å². The van der Waals surface area contributed by atoms with E-state index in [4.69, 9.17) is 9.47 Å². The molecule has 0 fully saturated rings. The van der Waals surface area contributed by atoms with Crippen molar-refractivity contribution < 1.29 is 23.9 Å². The van der Waals surface area contributed by atoms with Crippen LogP contribution in [0.15, 0.2) is 63.6 Å². The molecule has 8 nitrogen and oxygen atoms in total. The number of carbonyl (C=O) groups excluding carboxylic acids is 3. The van der Waals surface area contributed by atoms with E-state index in [1.807, 2.05) is 6.07 Å². The fourth-order valence-electron chi connectivity index (χ4n) is 3.41. The van der Waals surface area contributed by atoms with Crippen LogP contribution in [0.4, 0.5) is 5.69 Å². The molecule has 0 aromatic heterocycles. The third-order valence-electron chi connectivity index (χ3n) is 4.92. The topological polar surface area (TPSA) is 118 Å². The van der Waals surface area contributed by atoms with Crippen LogP contribution in [0.25, 0.3) is 0 Å². The lowest BCUT2D eigenvalue weighted by Crippen LogP contribution is -2.44. The Kier molecular flexibility index (Phi) is 8.14. The summed E-state index contributed by atoms with van der Waals surface area (Å²) >= 11 is 4.42. The van der Waals surface area contributed by atoms with Crippen LogP contribution in [0.2, 0.25) is 0 Å². The summed E-state index contributed by atoms with van der Waals surface area (Å²) < 4.78 is 10.7. The summed E-state index contributed by atoms with van der Waals surface area (Å²) in [7, 11) is 2.70. The van der Waals surface area contributed by atoms with E-state index in [0.29, 0.717) is 21.5 Å². The van der Waals surface area contributed by atoms with Crippen LogP contribution in [-0.4, -0.2) is 37.8 Å². The predicted octanol–water partition coefficient (Wildman–Crippen LogP) is 3.57. The van der Waals surface area contributed by atoms with E-state index in [1.54, 1.807) is 42.5 Å². The molecule has 10 heteroatoms. The first-order valence-electron chi connectivity index (χ1n) is 9.73. The number of nitrogens with one attached hydrogen (secondary N) is 2. The molecule has 2 atom stereocenters. The maximum absolute atomic E-state index is 12.9. The van der Waals surface area contributed by atoms with Gasteiger partial charge in [-0.25, -0.2) is 0 Å². The van der Waals surface area contributed by atoms with Crippen molar-refractivity contribution in [2.24, 2.45) is 5.92 Å². The van der Waals surface area contributed by atoms with Gasteiger partial charge in [0.05, 0.1) is 41.1 Å². The quantitative estimate of drug-likeness (QED) is 0.415. The molecule has 170 valence electrons. The number of anilines is 1. The highest BCUT2D eigenvalue weighted by Gasteiger charge is 2.44. The largest absolute Gasteiger partial charge is 0.496 e. The van der Waals surface area contributed by atoms with Crippen molar-refractivity contribution in [1.29, 1.82) is 5.26 Å². The smallest absolute Gasteiger partial charge is 0.319 e.